The van der Waals surface area contributed by atoms with Gasteiger partial charge in [0, 0.05) is 36.2 Å². The van der Waals surface area contributed by atoms with Crippen molar-refractivity contribution in [3.8, 4) is 11.5 Å². The molecule has 9 heteroatoms. The third kappa shape index (κ3) is 4.33. The summed E-state index contributed by atoms with van der Waals surface area (Å²) < 4.78 is 10.4. The van der Waals surface area contributed by atoms with E-state index >= 15 is 0 Å². The largest absolute Gasteiger partial charge is 0.497 e. The van der Waals surface area contributed by atoms with Gasteiger partial charge in [-0.3, -0.25) is 14.9 Å². The van der Waals surface area contributed by atoms with Gasteiger partial charge in [0.25, 0.3) is 11.6 Å². The molecule has 0 spiro atoms. The van der Waals surface area contributed by atoms with Crippen LogP contribution in [0.15, 0.2) is 42.5 Å². The number of benzene rings is 2. The molecule has 9 nitrogen and oxygen atoms in total. The van der Waals surface area contributed by atoms with E-state index in [0.717, 1.165) is 5.56 Å². The van der Waals surface area contributed by atoms with Gasteiger partial charge in [-0.15, -0.1) is 0 Å². The van der Waals surface area contributed by atoms with Crippen LogP contribution in [-0.4, -0.2) is 31.2 Å². The number of non-ortho nitro benzene ring substituents is 1. The maximum atomic E-state index is 12.5. The zero-order valence-electron chi connectivity index (χ0n) is 14.9. The average molecular weight is 372 g/mol. The van der Waals surface area contributed by atoms with E-state index in [1.807, 2.05) is 6.07 Å². The first kappa shape index (κ1) is 18.6. The first-order valence-electron chi connectivity index (χ1n) is 8.29. The SMILES string of the molecule is COc1cc(OC)cc(C(=O)NC2CC(c3cccc([N+](=O)[O-])c3)NN2)c1. The Balaban J connectivity index is 1.67. The lowest BCUT2D eigenvalue weighted by Crippen LogP contribution is -2.44. The van der Waals surface area contributed by atoms with Gasteiger partial charge in [0.15, 0.2) is 0 Å². The summed E-state index contributed by atoms with van der Waals surface area (Å²) in [5.74, 6) is 0.754. The van der Waals surface area contributed by atoms with Crippen LogP contribution in [0.5, 0.6) is 11.5 Å². The quantitative estimate of drug-likeness (QED) is 0.524. The van der Waals surface area contributed by atoms with Crippen molar-refractivity contribution in [1.29, 1.82) is 0 Å². The van der Waals surface area contributed by atoms with Crippen LogP contribution in [0.4, 0.5) is 5.69 Å². The number of rotatable bonds is 6. The molecule has 3 N–H and O–H groups in total. The number of nitro groups is 1. The van der Waals surface area contributed by atoms with Crippen LogP contribution in [0, 0.1) is 10.1 Å². The molecule has 142 valence electrons. The normalized spacial score (nSPS) is 18.7. The third-order valence-corrected chi connectivity index (χ3v) is 4.31. The molecule has 1 aliphatic rings. The van der Waals surface area contributed by atoms with E-state index in [2.05, 4.69) is 16.2 Å². The second-order valence-electron chi connectivity index (χ2n) is 6.06. The summed E-state index contributed by atoms with van der Waals surface area (Å²) in [6.07, 6.45) is 0.201. The maximum Gasteiger partial charge on any atom is 0.269 e. The lowest BCUT2D eigenvalue weighted by atomic mass is 10.0. The number of amides is 1. The van der Waals surface area contributed by atoms with Gasteiger partial charge >= 0.3 is 0 Å². The molecule has 3 rings (SSSR count). The van der Waals surface area contributed by atoms with Crippen LogP contribution in [0.25, 0.3) is 0 Å². The fraction of sp³-hybridized carbons (Fsp3) is 0.278. The van der Waals surface area contributed by atoms with E-state index in [1.54, 1.807) is 24.3 Å². The van der Waals surface area contributed by atoms with E-state index in [0.29, 0.717) is 23.5 Å². The summed E-state index contributed by atoms with van der Waals surface area (Å²) in [6.45, 7) is 0. The van der Waals surface area contributed by atoms with Crippen molar-refractivity contribution in [2.24, 2.45) is 0 Å². The monoisotopic (exact) mass is 372 g/mol. The molecule has 2 unspecified atom stereocenters. The molecule has 0 aromatic heterocycles. The van der Waals surface area contributed by atoms with E-state index in [4.69, 9.17) is 9.47 Å². The van der Waals surface area contributed by atoms with Gasteiger partial charge in [-0.2, -0.15) is 0 Å². The maximum absolute atomic E-state index is 12.5. The Labute approximate surface area is 155 Å². The molecule has 2 aromatic rings. The van der Waals surface area contributed by atoms with E-state index in [1.165, 1.54) is 26.4 Å². The minimum Gasteiger partial charge on any atom is -0.497 e. The van der Waals surface area contributed by atoms with Crippen molar-refractivity contribution in [1.82, 2.24) is 16.2 Å². The van der Waals surface area contributed by atoms with Gasteiger partial charge in [-0.05, 0) is 17.7 Å². The van der Waals surface area contributed by atoms with Gasteiger partial charge in [0.2, 0.25) is 0 Å². The Morgan fingerprint density at radius 3 is 2.48 bits per heavy atom. The minimum atomic E-state index is -0.429. The van der Waals surface area contributed by atoms with E-state index in [9.17, 15) is 14.9 Å². The number of methoxy groups -OCH3 is 2. The molecule has 1 heterocycles. The lowest BCUT2D eigenvalue weighted by Gasteiger charge is -2.13. The van der Waals surface area contributed by atoms with Crippen molar-refractivity contribution >= 4 is 11.6 Å². The Morgan fingerprint density at radius 2 is 1.85 bits per heavy atom. The average Bonchev–Trinajstić information content (AvgIpc) is 3.16. The van der Waals surface area contributed by atoms with Gasteiger partial charge in [0.05, 0.1) is 25.3 Å². The Kier molecular flexibility index (Phi) is 5.53. The number of carbonyl (C=O) groups excluding carboxylic acids is 1. The van der Waals surface area contributed by atoms with Gasteiger partial charge < -0.3 is 14.8 Å². The third-order valence-electron chi connectivity index (χ3n) is 4.31. The van der Waals surface area contributed by atoms with Crippen molar-refractivity contribution in [2.75, 3.05) is 14.2 Å². The van der Waals surface area contributed by atoms with Crippen LogP contribution >= 0.6 is 0 Å². The van der Waals surface area contributed by atoms with Crippen LogP contribution in [-0.2, 0) is 0 Å². The zero-order valence-corrected chi connectivity index (χ0v) is 14.9. The number of carbonyl (C=O) groups is 1. The molecule has 2 atom stereocenters. The lowest BCUT2D eigenvalue weighted by molar-refractivity contribution is -0.384. The van der Waals surface area contributed by atoms with Crippen LogP contribution < -0.4 is 25.6 Å². The van der Waals surface area contributed by atoms with Crippen molar-refractivity contribution in [3.05, 3.63) is 63.7 Å². The van der Waals surface area contributed by atoms with Gasteiger partial charge in [-0.25, -0.2) is 10.9 Å². The molecule has 0 aliphatic carbocycles. The summed E-state index contributed by atoms with van der Waals surface area (Å²) in [4.78, 5) is 23.0. The number of hydrogen-bond acceptors (Lipinski definition) is 7. The number of nitrogens with zero attached hydrogens (tertiary/aromatic N) is 1. The summed E-state index contributed by atoms with van der Waals surface area (Å²) in [7, 11) is 3.03. The van der Waals surface area contributed by atoms with E-state index < -0.39 is 4.92 Å². The Hall–Kier alpha value is -3.17. The molecule has 27 heavy (non-hydrogen) atoms. The zero-order chi connectivity index (χ0) is 19.4. The standard InChI is InChI=1S/C18H20N4O5/c1-26-14-7-12(8-15(9-14)27-2)18(23)19-17-10-16(20-21-17)11-4-3-5-13(6-11)22(24)25/h3-9,16-17,20-21H,10H2,1-2H3,(H,19,23). The fourth-order valence-corrected chi connectivity index (χ4v) is 2.90. The number of nitrogens with one attached hydrogen (secondary N) is 3. The first-order chi connectivity index (χ1) is 13.0. The fourth-order valence-electron chi connectivity index (χ4n) is 2.90. The highest BCUT2D eigenvalue weighted by molar-refractivity contribution is 5.95. The smallest absolute Gasteiger partial charge is 0.269 e. The topological polar surface area (TPSA) is 115 Å². The molecular weight excluding hydrogens is 352 g/mol. The Morgan fingerprint density at radius 1 is 1.15 bits per heavy atom. The van der Waals surface area contributed by atoms with E-state index in [-0.39, 0.29) is 23.8 Å². The number of hydrogen-bond donors (Lipinski definition) is 3. The summed E-state index contributed by atoms with van der Waals surface area (Å²) in [5.41, 5.74) is 7.27. The summed E-state index contributed by atoms with van der Waals surface area (Å²) in [6, 6.07) is 11.2. The predicted octanol–water partition coefficient (Wildman–Crippen LogP) is 1.91. The summed E-state index contributed by atoms with van der Waals surface area (Å²) >= 11 is 0. The second-order valence-corrected chi connectivity index (χ2v) is 6.06. The molecule has 1 amide bonds. The summed E-state index contributed by atoms with van der Waals surface area (Å²) in [5, 5.41) is 13.8. The number of nitro benzene ring substituents is 1. The highest BCUT2D eigenvalue weighted by atomic mass is 16.6. The minimum absolute atomic E-state index is 0.0326. The first-order valence-corrected chi connectivity index (χ1v) is 8.29. The highest BCUT2D eigenvalue weighted by Gasteiger charge is 2.27. The second kappa shape index (κ2) is 8.02. The number of ether oxygens (including phenoxy) is 2. The van der Waals surface area contributed by atoms with Crippen LogP contribution in [0.2, 0.25) is 0 Å². The molecule has 1 aliphatic heterocycles. The van der Waals surface area contributed by atoms with Crippen LogP contribution in [0.1, 0.15) is 28.4 Å². The van der Waals surface area contributed by atoms with Crippen molar-refractivity contribution in [2.45, 2.75) is 18.6 Å². The predicted molar refractivity (Wildman–Crippen MR) is 97.5 cm³/mol. The van der Waals surface area contributed by atoms with Gasteiger partial charge in [-0.1, -0.05) is 12.1 Å². The Bertz CT molecular complexity index is 835. The molecule has 1 saturated heterocycles. The molecule has 0 saturated carbocycles. The number of hydrazine groups is 1. The van der Waals surface area contributed by atoms with Gasteiger partial charge in [0.1, 0.15) is 11.5 Å². The highest BCUT2D eigenvalue weighted by Crippen LogP contribution is 2.26. The molecule has 2 aromatic carbocycles. The molecular formula is C18H20N4O5. The van der Waals surface area contributed by atoms with Crippen LogP contribution in [0.3, 0.4) is 0 Å². The van der Waals surface area contributed by atoms with Crippen molar-refractivity contribution in [3.63, 3.8) is 0 Å². The molecule has 1 fully saturated rings. The van der Waals surface area contributed by atoms with Crippen molar-refractivity contribution < 1.29 is 19.2 Å². The molecule has 0 bridgehead atoms. The molecule has 0 radical (unpaired) electrons.